The van der Waals surface area contributed by atoms with Crippen molar-refractivity contribution >= 4 is 29.9 Å². The molecule has 0 spiro atoms. The fraction of sp³-hybridized carbons (Fsp3) is 0.167. The number of halogens is 1. The van der Waals surface area contributed by atoms with Crippen LogP contribution in [0.5, 0.6) is 0 Å². The zero-order valence-electron chi connectivity index (χ0n) is 14.0. The van der Waals surface area contributed by atoms with E-state index in [4.69, 9.17) is 0 Å². The van der Waals surface area contributed by atoms with Gasteiger partial charge in [0.25, 0.3) is 0 Å². The minimum absolute atomic E-state index is 0. The highest BCUT2D eigenvalue weighted by Crippen LogP contribution is 2.06. The Morgan fingerprint density at radius 3 is 2.44 bits per heavy atom. The summed E-state index contributed by atoms with van der Waals surface area (Å²) < 4.78 is 1.74. The van der Waals surface area contributed by atoms with Crippen molar-refractivity contribution in [2.24, 2.45) is 4.99 Å². The van der Waals surface area contributed by atoms with Crippen molar-refractivity contribution in [3.63, 3.8) is 0 Å². The average Bonchev–Trinajstić information content (AvgIpc) is 3.18. The molecule has 2 heterocycles. The maximum absolute atomic E-state index is 4.33. The van der Waals surface area contributed by atoms with Crippen molar-refractivity contribution in [3.05, 3.63) is 78.2 Å². The standard InChI is InChI=1S/C18H20N6.HI/c1-19-18(21-13-15-6-3-2-4-7-15)22-14-16-8-10-20-17(12-16)24-11-5-9-23-24;/h2-12H,13-14H2,1H3,(H2,19,21,22);1H. The van der Waals surface area contributed by atoms with Crippen molar-refractivity contribution in [1.82, 2.24) is 25.4 Å². The first-order chi connectivity index (χ1) is 11.8. The Bertz CT molecular complexity index is 786. The summed E-state index contributed by atoms with van der Waals surface area (Å²) in [5.41, 5.74) is 2.32. The first kappa shape index (κ1) is 18.9. The van der Waals surface area contributed by atoms with Crippen LogP contribution in [0.4, 0.5) is 0 Å². The molecular weight excluding hydrogens is 427 g/mol. The van der Waals surface area contributed by atoms with Gasteiger partial charge in [-0.05, 0) is 29.3 Å². The van der Waals surface area contributed by atoms with Gasteiger partial charge in [0.15, 0.2) is 11.8 Å². The molecule has 0 unspecified atom stereocenters. The van der Waals surface area contributed by atoms with Gasteiger partial charge in [0.2, 0.25) is 0 Å². The maximum atomic E-state index is 4.33. The van der Waals surface area contributed by atoms with Crippen LogP contribution in [-0.2, 0) is 13.1 Å². The molecule has 3 rings (SSSR count). The van der Waals surface area contributed by atoms with Gasteiger partial charge < -0.3 is 10.6 Å². The molecule has 7 heteroatoms. The van der Waals surface area contributed by atoms with Gasteiger partial charge >= 0.3 is 0 Å². The van der Waals surface area contributed by atoms with Crippen LogP contribution in [0.3, 0.4) is 0 Å². The monoisotopic (exact) mass is 448 g/mol. The lowest BCUT2D eigenvalue weighted by atomic mass is 10.2. The van der Waals surface area contributed by atoms with Crippen LogP contribution in [0.15, 0.2) is 72.1 Å². The topological polar surface area (TPSA) is 67.1 Å². The molecule has 0 aliphatic rings. The van der Waals surface area contributed by atoms with E-state index in [9.17, 15) is 0 Å². The minimum atomic E-state index is 0. The maximum Gasteiger partial charge on any atom is 0.191 e. The summed E-state index contributed by atoms with van der Waals surface area (Å²) in [5, 5.41) is 10.8. The first-order valence-corrected chi connectivity index (χ1v) is 7.78. The summed E-state index contributed by atoms with van der Waals surface area (Å²) >= 11 is 0. The molecule has 3 aromatic rings. The number of aromatic nitrogens is 3. The Morgan fingerprint density at radius 1 is 1.00 bits per heavy atom. The van der Waals surface area contributed by atoms with Crippen LogP contribution in [0, 0.1) is 0 Å². The highest BCUT2D eigenvalue weighted by atomic mass is 127. The normalized spacial score (nSPS) is 10.8. The number of aliphatic imine (C=N–C) groups is 1. The smallest absolute Gasteiger partial charge is 0.191 e. The quantitative estimate of drug-likeness (QED) is 0.358. The van der Waals surface area contributed by atoms with Crippen molar-refractivity contribution in [2.45, 2.75) is 13.1 Å². The molecule has 1 aromatic carbocycles. The molecule has 0 fully saturated rings. The van der Waals surface area contributed by atoms with Crippen LogP contribution >= 0.6 is 24.0 Å². The van der Waals surface area contributed by atoms with Gasteiger partial charge in [-0.2, -0.15) is 5.10 Å². The second-order valence-corrected chi connectivity index (χ2v) is 5.24. The molecule has 2 N–H and O–H groups in total. The van der Waals surface area contributed by atoms with Gasteiger partial charge in [-0.3, -0.25) is 4.99 Å². The number of pyridine rings is 1. The molecule has 2 aromatic heterocycles. The highest BCUT2D eigenvalue weighted by Gasteiger charge is 2.02. The third-order valence-electron chi connectivity index (χ3n) is 3.54. The first-order valence-electron chi connectivity index (χ1n) is 7.78. The molecule has 0 amide bonds. The van der Waals surface area contributed by atoms with Crippen molar-refractivity contribution in [1.29, 1.82) is 0 Å². The third kappa shape index (κ3) is 5.56. The van der Waals surface area contributed by atoms with E-state index in [2.05, 4.69) is 37.8 Å². The van der Waals surface area contributed by atoms with Crippen molar-refractivity contribution in [3.8, 4) is 5.82 Å². The van der Waals surface area contributed by atoms with Crippen LogP contribution in [0.25, 0.3) is 5.82 Å². The van der Waals surface area contributed by atoms with Crippen LogP contribution in [0.1, 0.15) is 11.1 Å². The van der Waals surface area contributed by atoms with E-state index in [1.54, 1.807) is 24.1 Å². The molecule has 0 saturated heterocycles. The molecule has 6 nitrogen and oxygen atoms in total. The second-order valence-electron chi connectivity index (χ2n) is 5.24. The number of hydrogen-bond acceptors (Lipinski definition) is 3. The molecule has 0 bridgehead atoms. The SMILES string of the molecule is CN=C(NCc1ccccc1)NCc1ccnc(-n2cccn2)c1.I. The summed E-state index contributed by atoms with van der Waals surface area (Å²) in [6.07, 6.45) is 5.40. The number of benzene rings is 1. The van der Waals surface area contributed by atoms with Gasteiger partial charge in [0.05, 0.1) is 0 Å². The summed E-state index contributed by atoms with van der Waals surface area (Å²) in [6, 6.07) is 16.1. The van der Waals surface area contributed by atoms with E-state index < -0.39 is 0 Å². The number of nitrogens with zero attached hydrogens (tertiary/aromatic N) is 4. The summed E-state index contributed by atoms with van der Waals surface area (Å²) in [7, 11) is 1.77. The minimum Gasteiger partial charge on any atom is -0.352 e. The van der Waals surface area contributed by atoms with E-state index in [0.717, 1.165) is 23.9 Å². The largest absolute Gasteiger partial charge is 0.352 e. The fourth-order valence-corrected chi connectivity index (χ4v) is 2.29. The predicted octanol–water partition coefficient (Wildman–Crippen LogP) is 2.75. The van der Waals surface area contributed by atoms with E-state index in [0.29, 0.717) is 6.54 Å². The van der Waals surface area contributed by atoms with Gasteiger partial charge in [-0.1, -0.05) is 30.3 Å². The van der Waals surface area contributed by atoms with Crippen LogP contribution < -0.4 is 10.6 Å². The predicted molar refractivity (Wildman–Crippen MR) is 110 cm³/mol. The molecule has 0 aliphatic heterocycles. The van der Waals surface area contributed by atoms with Gasteiger partial charge in [-0.15, -0.1) is 24.0 Å². The summed E-state index contributed by atoms with van der Waals surface area (Å²) in [6.45, 7) is 1.39. The van der Waals surface area contributed by atoms with Gasteiger partial charge in [0, 0.05) is 38.7 Å². The number of guanidine groups is 1. The Labute approximate surface area is 164 Å². The molecule has 0 aliphatic carbocycles. The van der Waals surface area contributed by atoms with E-state index in [1.165, 1.54) is 5.56 Å². The highest BCUT2D eigenvalue weighted by molar-refractivity contribution is 14.0. The van der Waals surface area contributed by atoms with E-state index >= 15 is 0 Å². The third-order valence-corrected chi connectivity index (χ3v) is 3.54. The summed E-state index contributed by atoms with van der Waals surface area (Å²) in [4.78, 5) is 8.58. The molecule has 130 valence electrons. The van der Waals surface area contributed by atoms with Crippen LogP contribution in [0.2, 0.25) is 0 Å². The zero-order valence-corrected chi connectivity index (χ0v) is 16.3. The van der Waals surface area contributed by atoms with Crippen LogP contribution in [-0.4, -0.2) is 27.8 Å². The number of rotatable bonds is 5. The lowest BCUT2D eigenvalue weighted by Gasteiger charge is -2.12. The van der Waals surface area contributed by atoms with E-state index in [-0.39, 0.29) is 24.0 Å². The molecular formula is C18H21IN6. The Hall–Kier alpha value is -2.42. The molecule has 25 heavy (non-hydrogen) atoms. The lowest BCUT2D eigenvalue weighted by molar-refractivity contribution is 0.800. The Morgan fingerprint density at radius 2 is 1.76 bits per heavy atom. The Balaban J connectivity index is 0.00000225. The molecule has 0 saturated carbocycles. The van der Waals surface area contributed by atoms with Crippen molar-refractivity contribution in [2.75, 3.05) is 7.05 Å². The number of nitrogens with one attached hydrogen (secondary N) is 2. The summed E-state index contributed by atoms with van der Waals surface area (Å²) in [5.74, 6) is 1.56. The van der Waals surface area contributed by atoms with Gasteiger partial charge in [0.1, 0.15) is 0 Å². The van der Waals surface area contributed by atoms with Crippen molar-refractivity contribution < 1.29 is 0 Å². The fourth-order valence-electron chi connectivity index (χ4n) is 2.29. The van der Waals surface area contributed by atoms with Gasteiger partial charge in [-0.25, -0.2) is 9.67 Å². The molecule has 0 atom stereocenters. The average molecular weight is 448 g/mol. The zero-order chi connectivity index (χ0) is 16.6. The Kier molecular flexibility index (Phi) is 7.39. The second kappa shape index (κ2) is 9.77. The molecule has 0 radical (unpaired) electrons. The lowest BCUT2D eigenvalue weighted by Crippen LogP contribution is -2.36. The van der Waals surface area contributed by atoms with E-state index in [1.807, 2.05) is 42.6 Å². The number of hydrogen-bond donors (Lipinski definition) is 2.